The number of ether oxygens (including phenoxy) is 1. The molecule has 1 aromatic rings. The molecule has 1 heterocycles. The molecule has 0 aliphatic carbocycles. The van der Waals surface area contributed by atoms with Crippen LogP contribution in [0.4, 0.5) is 10.1 Å². The van der Waals surface area contributed by atoms with Crippen LogP contribution in [-0.4, -0.2) is 38.5 Å². The second-order valence-electron chi connectivity index (χ2n) is 4.66. The van der Waals surface area contributed by atoms with Crippen LogP contribution in [0, 0.1) is 12.7 Å². The Bertz CT molecular complexity index is 566. The van der Waals surface area contributed by atoms with Crippen LogP contribution < -0.4 is 5.73 Å². The lowest BCUT2D eigenvalue weighted by atomic mass is 10.2. The van der Waals surface area contributed by atoms with Gasteiger partial charge in [-0.05, 0) is 26.0 Å². The van der Waals surface area contributed by atoms with E-state index >= 15 is 0 Å². The maximum absolute atomic E-state index is 13.6. The predicted octanol–water partition coefficient (Wildman–Crippen LogP) is 1.13. The number of rotatable bonds is 2. The van der Waals surface area contributed by atoms with Crippen molar-refractivity contribution >= 4 is 15.7 Å². The Morgan fingerprint density at radius 3 is 2.74 bits per heavy atom. The van der Waals surface area contributed by atoms with Crippen molar-refractivity contribution in [2.24, 2.45) is 0 Å². The summed E-state index contributed by atoms with van der Waals surface area (Å²) in [4.78, 5) is -0.109. The summed E-state index contributed by atoms with van der Waals surface area (Å²) >= 11 is 0. The molecule has 0 spiro atoms. The van der Waals surface area contributed by atoms with Crippen LogP contribution in [0.25, 0.3) is 0 Å². The maximum atomic E-state index is 13.6. The normalized spacial score (nSPS) is 21.5. The molecule has 1 aliphatic rings. The van der Waals surface area contributed by atoms with Crippen molar-refractivity contribution in [1.29, 1.82) is 0 Å². The summed E-state index contributed by atoms with van der Waals surface area (Å²) in [6.45, 7) is 4.21. The smallest absolute Gasteiger partial charge is 0.243 e. The molecule has 0 radical (unpaired) electrons. The van der Waals surface area contributed by atoms with E-state index in [9.17, 15) is 12.8 Å². The highest BCUT2D eigenvalue weighted by Crippen LogP contribution is 2.25. The van der Waals surface area contributed by atoms with E-state index < -0.39 is 15.8 Å². The molecule has 0 saturated carbocycles. The second kappa shape index (κ2) is 5.07. The predicted molar refractivity (Wildman–Crippen MR) is 69.7 cm³/mol. The van der Waals surface area contributed by atoms with Crippen molar-refractivity contribution in [2.45, 2.75) is 24.8 Å². The van der Waals surface area contributed by atoms with Crippen LogP contribution >= 0.6 is 0 Å². The molecule has 2 N–H and O–H groups in total. The van der Waals surface area contributed by atoms with Crippen molar-refractivity contribution in [3.8, 4) is 0 Å². The first-order valence-corrected chi connectivity index (χ1v) is 7.43. The second-order valence-corrected chi connectivity index (χ2v) is 6.55. The molecule has 1 atom stereocenters. The van der Waals surface area contributed by atoms with Crippen LogP contribution in [0.2, 0.25) is 0 Å². The topological polar surface area (TPSA) is 72.6 Å². The summed E-state index contributed by atoms with van der Waals surface area (Å²) in [7, 11) is -3.74. The van der Waals surface area contributed by atoms with Crippen molar-refractivity contribution in [3.63, 3.8) is 0 Å². The number of benzene rings is 1. The van der Waals surface area contributed by atoms with Gasteiger partial charge in [0.2, 0.25) is 10.0 Å². The van der Waals surface area contributed by atoms with Crippen LogP contribution in [0.5, 0.6) is 0 Å². The van der Waals surface area contributed by atoms with E-state index in [0.717, 1.165) is 6.07 Å². The van der Waals surface area contributed by atoms with Gasteiger partial charge in [0.1, 0.15) is 5.82 Å². The molecule has 0 bridgehead atoms. The highest BCUT2D eigenvalue weighted by Gasteiger charge is 2.32. The van der Waals surface area contributed by atoms with Gasteiger partial charge in [-0.1, -0.05) is 0 Å². The van der Waals surface area contributed by atoms with Gasteiger partial charge in [0, 0.05) is 23.8 Å². The zero-order valence-electron chi connectivity index (χ0n) is 10.9. The fraction of sp³-hybridized carbons (Fsp3) is 0.500. The summed E-state index contributed by atoms with van der Waals surface area (Å²) in [5, 5.41) is 0. The molecule has 5 nitrogen and oxygen atoms in total. The van der Waals surface area contributed by atoms with Gasteiger partial charge < -0.3 is 10.5 Å². The molecule has 1 aliphatic heterocycles. The highest BCUT2D eigenvalue weighted by molar-refractivity contribution is 7.89. The Labute approximate surface area is 112 Å². The summed E-state index contributed by atoms with van der Waals surface area (Å²) in [5.74, 6) is -0.612. The van der Waals surface area contributed by atoms with Crippen molar-refractivity contribution in [2.75, 3.05) is 25.5 Å². The molecule has 2 rings (SSSR count). The fourth-order valence-corrected chi connectivity index (χ4v) is 3.68. The van der Waals surface area contributed by atoms with E-state index in [1.165, 1.54) is 17.3 Å². The van der Waals surface area contributed by atoms with E-state index in [1.807, 2.05) is 0 Å². The fourth-order valence-electron chi connectivity index (χ4n) is 2.03. The van der Waals surface area contributed by atoms with E-state index in [4.69, 9.17) is 10.5 Å². The highest BCUT2D eigenvalue weighted by atomic mass is 32.2. The number of hydrogen-bond donors (Lipinski definition) is 1. The van der Waals surface area contributed by atoms with E-state index in [2.05, 4.69) is 0 Å². The molecule has 1 aromatic carbocycles. The van der Waals surface area contributed by atoms with Crippen LogP contribution in [0.3, 0.4) is 0 Å². The number of sulfonamides is 1. The Morgan fingerprint density at radius 1 is 1.47 bits per heavy atom. The molecule has 1 saturated heterocycles. The average Bonchev–Trinajstić information content (AvgIpc) is 2.35. The minimum absolute atomic E-state index is 0.109. The summed E-state index contributed by atoms with van der Waals surface area (Å²) in [5.41, 5.74) is 6.03. The van der Waals surface area contributed by atoms with Crippen LogP contribution in [0.1, 0.15) is 12.5 Å². The van der Waals surface area contributed by atoms with Crippen molar-refractivity contribution < 1.29 is 17.5 Å². The van der Waals surface area contributed by atoms with Gasteiger partial charge >= 0.3 is 0 Å². The molecular weight excluding hydrogens is 271 g/mol. The van der Waals surface area contributed by atoms with E-state index in [1.54, 1.807) is 6.92 Å². The number of nitrogen functional groups attached to an aromatic ring is 1. The minimum atomic E-state index is -3.74. The molecule has 106 valence electrons. The first-order chi connectivity index (χ1) is 8.84. The molecule has 0 aromatic heterocycles. The Kier molecular flexibility index (Phi) is 3.80. The molecule has 0 amide bonds. The van der Waals surface area contributed by atoms with Gasteiger partial charge in [0.25, 0.3) is 0 Å². The SMILES string of the molecule is Cc1c(N)cc(S(=O)(=O)N2CCOC[C@H]2C)cc1F. The average molecular weight is 288 g/mol. The standard InChI is InChI=1S/C12H17FN2O3S/c1-8-7-18-4-3-15(8)19(16,17)10-5-11(13)9(2)12(14)6-10/h5-6,8H,3-4,7,14H2,1-2H3/t8-/m1/s1. The summed E-state index contributed by atoms with van der Waals surface area (Å²) in [6.07, 6.45) is 0. The molecule has 0 unspecified atom stereocenters. The lowest BCUT2D eigenvalue weighted by Crippen LogP contribution is -2.46. The monoisotopic (exact) mass is 288 g/mol. The third-order valence-corrected chi connectivity index (χ3v) is 5.26. The number of halogens is 1. The summed E-state index contributed by atoms with van der Waals surface area (Å²) in [6, 6.07) is 2.04. The number of hydrogen-bond acceptors (Lipinski definition) is 4. The zero-order chi connectivity index (χ0) is 14.2. The molecule has 1 fully saturated rings. The van der Waals surface area contributed by atoms with Crippen LogP contribution in [-0.2, 0) is 14.8 Å². The van der Waals surface area contributed by atoms with Crippen molar-refractivity contribution in [3.05, 3.63) is 23.5 Å². The third kappa shape index (κ3) is 2.58. The number of anilines is 1. The maximum Gasteiger partial charge on any atom is 0.243 e. The molecule has 7 heteroatoms. The quantitative estimate of drug-likeness (QED) is 0.828. The number of nitrogens with zero attached hydrogens (tertiary/aromatic N) is 1. The van der Waals surface area contributed by atoms with E-state index in [0.29, 0.717) is 13.2 Å². The molecule has 19 heavy (non-hydrogen) atoms. The Hall–Kier alpha value is -1.18. The van der Waals surface area contributed by atoms with Gasteiger partial charge in [-0.2, -0.15) is 4.31 Å². The lowest BCUT2D eigenvalue weighted by molar-refractivity contribution is 0.0392. The third-order valence-electron chi connectivity index (χ3n) is 3.27. The van der Waals surface area contributed by atoms with Gasteiger partial charge in [0.15, 0.2) is 0 Å². The first kappa shape index (κ1) is 14.2. The van der Waals surface area contributed by atoms with Crippen molar-refractivity contribution in [1.82, 2.24) is 4.31 Å². The lowest BCUT2D eigenvalue weighted by Gasteiger charge is -2.32. The number of morpholine rings is 1. The largest absolute Gasteiger partial charge is 0.398 e. The zero-order valence-corrected chi connectivity index (χ0v) is 11.7. The Morgan fingerprint density at radius 2 is 2.16 bits per heavy atom. The summed E-state index contributed by atoms with van der Waals surface area (Å²) < 4.78 is 45.1. The first-order valence-electron chi connectivity index (χ1n) is 5.99. The van der Waals surface area contributed by atoms with Gasteiger partial charge in [0.05, 0.1) is 18.1 Å². The van der Waals surface area contributed by atoms with E-state index in [-0.39, 0.29) is 28.7 Å². The van der Waals surface area contributed by atoms with Gasteiger partial charge in [-0.3, -0.25) is 0 Å². The molecular formula is C12H17FN2O3S. The van der Waals surface area contributed by atoms with Gasteiger partial charge in [-0.15, -0.1) is 0 Å². The Balaban J connectivity index is 2.44. The minimum Gasteiger partial charge on any atom is -0.398 e. The van der Waals surface area contributed by atoms with Crippen LogP contribution in [0.15, 0.2) is 17.0 Å². The van der Waals surface area contributed by atoms with Gasteiger partial charge in [-0.25, -0.2) is 12.8 Å². The number of nitrogens with two attached hydrogens (primary N) is 1.